The first-order chi connectivity index (χ1) is 13.8. The van der Waals surface area contributed by atoms with Crippen molar-refractivity contribution in [1.82, 2.24) is 9.62 Å². The summed E-state index contributed by atoms with van der Waals surface area (Å²) in [5.74, 6) is 0.204. The van der Waals surface area contributed by atoms with E-state index in [9.17, 15) is 13.2 Å². The number of rotatable bonds is 6. The zero-order valence-electron chi connectivity index (χ0n) is 17.1. The number of hydrogen-bond donors (Lipinski definition) is 1. The molecule has 0 spiro atoms. The Kier molecular flexibility index (Phi) is 6.59. The monoisotopic (exact) mass is 416 g/mol. The summed E-state index contributed by atoms with van der Waals surface area (Å²) in [5, 5.41) is 2.95. The average Bonchev–Trinajstić information content (AvgIpc) is 2.73. The van der Waals surface area contributed by atoms with Gasteiger partial charge in [-0.3, -0.25) is 4.79 Å². The Labute approximate surface area is 172 Å². The van der Waals surface area contributed by atoms with E-state index in [2.05, 4.69) is 5.32 Å². The predicted molar refractivity (Wildman–Crippen MR) is 112 cm³/mol. The molecule has 0 saturated carbocycles. The second-order valence-corrected chi connectivity index (χ2v) is 9.47. The lowest BCUT2D eigenvalue weighted by molar-refractivity contribution is -0.126. The first-order valence-electron chi connectivity index (χ1n) is 9.79. The fourth-order valence-corrected chi connectivity index (χ4v) is 5.18. The number of hydrogen-bond acceptors (Lipinski definition) is 4. The number of piperidine rings is 1. The molecule has 6 nitrogen and oxygen atoms in total. The normalized spacial score (nSPS) is 17.7. The van der Waals surface area contributed by atoms with Gasteiger partial charge in [0.2, 0.25) is 15.9 Å². The van der Waals surface area contributed by atoms with E-state index in [-0.39, 0.29) is 23.3 Å². The van der Waals surface area contributed by atoms with Crippen molar-refractivity contribution < 1.29 is 17.9 Å². The number of nitrogens with one attached hydrogen (secondary N) is 1. The van der Waals surface area contributed by atoms with E-state index in [0.29, 0.717) is 31.7 Å². The number of carbonyl (C=O) groups is 1. The Bertz CT molecular complexity index is 971. The smallest absolute Gasteiger partial charge is 0.243 e. The van der Waals surface area contributed by atoms with Crippen molar-refractivity contribution in [2.45, 2.75) is 38.1 Å². The number of ether oxygens (including phenoxy) is 1. The Morgan fingerprint density at radius 2 is 1.90 bits per heavy atom. The standard InChI is InChI=1S/C22H28N2O4S/c1-16-6-8-18(9-7-16)14-23-22(25)19-5-4-12-24(15-19)29(26,27)20-10-11-21(28-3)17(2)13-20/h6-11,13,19H,4-5,12,14-15H2,1-3H3,(H,23,25)/t19-/m1/s1. The maximum atomic E-state index is 13.1. The number of nitrogens with zero attached hydrogens (tertiary/aromatic N) is 1. The molecule has 1 fully saturated rings. The molecule has 0 radical (unpaired) electrons. The lowest BCUT2D eigenvalue weighted by Gasteiger charge is -2.31. The van der Waals surface area contributed by atoms with Crippen LogP contribution in [0.4, 0.5) is 0 Å². The van der Waals surface area contributed by atoms with Gasteiger partial charge in [-0.2, -0.15) is 4.31 Å². The molecular weight excluding hydrogens is 388 g/mol. The zero-order valence-corrected chi connectivity index (χ0v) is 18.0. The molecule has 2 aromatic carbocycles. The molecule has 1 saturated heterocycles. The highest BCUT2D eigenvalue weighted by Crippen LogP contribution is 2.27. The molecule has 1 amide bonds. The molecule has 2 aromatic rings. The van der Waals surface area contributed by atoms with E-state index in [0.717, 1.165) is 11.1 Å². The molecule has 0 aliphatic carbocycles. The molecule has 1 atom stereocenters. The van der Waals surface area contributed by atoms with Crippen molar-refractivity contribution in [2.75, 3.05) is 20.2 Å². The lowest BCUT2D eigenvalue weighted by atomic mass is 9.98. The van der Waals surface area contributed by atoms with Gasteiger partial charge in [-0.25, -0.2) is 8.42 Å². The molecule has 1 aliphatic heterocycles. The van der Waals surface area contributed by atoms with E-state index in [4.69, 9.17) is 4.74 Å². The van der Waals surface area contributed by atoms with Gasteiger partial charge < -0.3 is 10.1 Å². The molecule has 3 rings (SSSR count). The molecule has 7 heteroatoms. The Morgan fingerprint density at radius 1 is 1.17 bits per heavy atom. The van der Waals surface area contributed by atoms with Crippen LogP contribution in [0.25, 0.3) is 0 Å². The highest BCUT2D eigenvalue weighted by atomic mass is 32.2. The van der Waals surface area contributed by atoms with Crippen LogP contribution < -0.4 is 10.1 Å². The lowest BCUT2D eigenvalue weighted by Crippen LogP contribution is -2.45. The molecule has 0 unspecified atom stereocenters. The topological polar surface area (TPSA) is 75.7 Å². The molecular formula is C22H28N2O4S. The SMILES string of the molecule is COc1ccc(S(=O)(=O)N2CCC[C@@H](C(=O)NCc3ccc(C)cc3)C2)cc1C. The summed E-state index contributed by atoms with van der Waals surface area (Å²) in [6.07, 6.45) is 1.35. The summed E-state index contributed by atoms with van der Waals surface area (Å²) in [5.41, 5.74) is 2.96. The molecule has 1 heterocycles. The summed E-state index contributed by atoms with van der Waals surface area (Å²) in [7, 11) is -2.09. The van der Waals surface area contributed by atoms with Gasteiger partial charge in [-0.15, -0.1) is 0 Å². The van der Waals surface area contributed by atoms with E-state index in [1.807, 2.05) is 38.1 Å². The van der Waals surface area contributed by atoms with Crippen LogP contribution in [-0.2, 0) is 21.4 Å². The van der Waals surface area contributed by atoms with Crippen LogP contribution in [0.3, 0.4) is 0 Å². The van der Waals surface area contributed by atoms with Crippen LogP contribution in [-0.4, -0.2) is 38.8 Å². The van der Waals surface area contributed by atoms with E-state index in [1.165, 1.54) is 9.87 Å². The summed E-state index contributed by atoms with van der Waals surface area (Å²) >= 11 is 0. The molecule has 29 heavy (non-hydrogen) atoms. The number of methoxy groups -OCH3 is 1. The third kappa shape index (κ3) is 4.97. The minimum absolute atomic E-state index is 0.101. The van der Waals surface area contributed by atoms with Gasteiger partial charge >= 0.3 is 0 Å². The third-order valence-corrected chi connectivity index (χ3v) is 7.21. The Hall–Kier alpha value is -2.38. The van der Waals surface area contributed by atoms with Gasteiger partial charge in [0.25, 0.3) is 0 Å². The minimum Gasteiger partial charge on any atom is -0.496 e. The van der Waals surface area contributed by atoms with Gasteiger partial charge in [0, 0.05) is 19.6 Å². The molecule has 1 aliphatic rings. The van der Waals surface area contributed by atoms with Gasteiger partial charge in [0.05, 0.1) is 17.9 Å². The van der Waals surface area contributed by atoms with Gasteiger partial charge in [0.15, 0.2) is 0 Å². The van der Waals surface area contributed by atoms with Crippen LogP contribution in [0, 0.1) is 19.8 Å². The first kappa shape index (κ1) is 21.3. The fourth-order valence-electron chi connectivity index (χ4n) is 3.57. The number of aryl methyl sites for hydroxylation is 2. The average molecular weight is 417 g/mol. The largest absolute Gasteiger partial charge is 0.496 e. The van der Waals surface area contributed by atoms with Crippen LogP contribution in [0.1, 0.15) is 29.5 Å². The highest BCUT2D eigenvalue weighted by molar-refractivity contribution is 7.89. The summed E-state index contributed by atoms with van der Waals surface area (Å²) in [6, 6.07) is 12.8. The van der Waals surface area contributed by atoms with Gasteiger partial charge in [-0.1, -0.05) is 29.8 Å². The summed E-state index contributed by atoms with van der Waals surface area (Å²) in [4.78, 5) is 12.9. The molecule has 0 aromatic heterocycles. The fraction of sp³-hybridized carbons (Fsp3) is 0.409. The number of carbonyl (C=O) groups excluding carboxylic acids is 1. The van der Waals surface area contributed by atoms with Crippen LogP contribution >= 0.6 is 0 Å². The van der Waals surface area contributed by atoms with Gasteiger partial charge in [-0.05, 0) is 56.0 Å². The van der Waals surface area contributed by atoms with Crippen molar-refractivity contribution in [1.29, 1.82) is 0 Å². The van der Waals surface area contributed by atoms with Crippen LogP contribution in [0.5, 0.6) is 5.75 Å². The Morgan fingerprint density at radius 3 is 2.55 bits per heavy atom. The van der Waals surface area contributed by atoms with Crippen molar-refractivity contribution >= 4 is 15.9 Å². The van der Waals surface area contributed by atoms with E-state index < -0.39 is 10.0 Å². The van der Waals surface area contributed by atoms with E-state index >= 15 is 0 Å². The van der Waals surface area contributed by atoms with Crippen molar-refractivity contribution in [3.8, 4) is 5.75 Å². The molecule has 0 bridgehead atoms. The maximum Gasteiger partial charge on any atom is 0.243 e. The second kappa shape index (κ2) is 8.97. The van der Waals surface area contributed by atoms with Crippen molar-refractivity contribution in [3.05, 3.63) is 59.2 Å². The summed E-state index contributed by atoms with van der Waals surface area (Å²) in [6.45, 7) is 4.90. The number of sulfonamides is 1. The Balaban J connectivity index is 1.66. The molecule has 156 valence electrons. The van der Waals surface area contributed by atoms with Crippen LogP contribution in [0.15, 0.2) is 47.4 Å². The second-order valence-electron chi connectivity index (χ2n) is 7.54. The van der Waals surface area contributed by atoms with Crippen molar-refractivity contribution in [3.63, 3.8) is 0 Å². The molecule has 1 N–H and O–H groups in total. The van der Waals surface area contributed by atoms with Crippen molar-refractivity contribution in [2.24, 2.45) is 5.92 Å². The van der Waals surface area contributed by atoms with E-state index in [1.54, 1.807) is 25.3 Å². The quantitative estimate of drug-likeness (QED) is 0.785. The summed E-state index contributed by atoms with van der Waals surface area (Å²) < 4.78 is 32.8. The number of amides is 1. The predicted octanol–water partition coefficient (Wildman–Crippen LogP) is 3.03. The van der Waals surface area contributed by atoms with Crippen LogP contribution in [0.2, 0.25) is 0 Å². The van der Waals surface area contributed by atoms with Gasteiger partial charge in [0.1, 0.15) is 5.75 Å². The zero-order chi connectivity index (χ0) is 21.0. The minimum atomic E-state index is -3.65. The third-order valence-electron chi connectivity index (χ3n) is 5.35. The number of benzene rings is 2. The first-order valence-corrected chi connectivity index (χ1v) is 11.2. The maximum absolute atomic E-state index is 13.1. The highest BCUT2D eigenvalue weighted by Gasteiger charge is 2.33.